The number of anilines is 1. The van der Waals surface area contributed by atoms with Gasteiger partial charge < -0.3 is 9.47 Å². The first kappa shape index (κ1) is 23.4. The summed E-state index contributed by atoms with van der Waals surface area (Å²) in [5.41, 5.74) is 0.782. The van der Waals surface area contributed by atoms with E-state index < -0.39 is 0 Å². The molecule has 1 fully saturated rings. The van der Waals surface area contributed by atoms with Crippen LogP contribution >= 0.6 is 11.3 Å². The summed E-state index contributed by atoms with van der Waals surface area (Å²) in [6.07, 6.45) is 0.768. The summed E-state index contributed by atoms with van der Waals surface area (Å²) in [5, 5.41) is 0.492. The fourth-order valence-corrected chi connectivity index (χ4v) is 5.06. The minimum Gasteiger partial charge on any atom is -0.457 e. The summed E-state index contributed by atoms with van der Waals surface area (Å²) in [6, 6.07) is 21.4. The summed E-state index contributed by atoms with van der Waals surface area (Å²) in [7, 11) is 0. The van der Waals surface area contributed by atoms with Gasteiger partial charge in [0.05, 0.1) is 17.9 Å². The van der Waals surface area contributed by atoms with E-state index in [1.165, 1.54) is 17.4 Å². The molecular weight excluding hydrogens is 465 g/mol. The molecule has 4 aromatic rings. The van der Waals surface area contributed by atoms with E-state index in [1.54, 1.807) is 29.2 Å². The van der Waals surface area contributed by atoms with Gasteiger partial charge in [0.15, 0.2) is 5.13 Å². The Morgan fingerprint density at radius 2 is 1.80 bits per heavy atom. The Labute approximate surface area is 207 Å². The molecule has 0 atom stereocenters. The van der Waals surface area contributed by atoms with E-state index in [0.717, 1.165) is 39.3 Å². The fourth-order valence-electron chi connectivity index (χ4n) is 4.05. The first-order valence-electron chi connectivity index (χ1n) is 11.7. The number of nitrogens with zero attached hydrogens (tertiary/aromatic N) is 3. The summed E-state index contributed by atoms with van der Waals surface area (Å²) in [6.45, 7) is 4.56. The topological polar surface area (TPSA) is 54.9 Å². The smallest absolute Gasteiger partial charge is 0.260 e. The highest BCUT2D eigenvalue weighted by Crippen LogP contribution is 2.32. The fraction of sp³-hybridized carbons (Fsp3) is 0.259. The van der Waals surface area contributed by atoms with E-state index in [-0.39, 0.29) is 11.7 Å². The predicted molar refractivity (Wildman–Crippen MR) is 136 cm³/mol. The van der Waals surface area contributed by atoms with Crippen molar-refractivity contribution in [2.75, 3.05) is 44.3 Å². The maximum absolute atomic E-state index is 14.3. The van der Waals surface area contributed by atoms with Crippen molar-refractivity contribution < 1.29 is 18.7 Å². The number of para-hydroxylation sites is 2. The molecule has 1 aromatic heterocycles. The Kier molecular flexibility index (Phi) is 7.32. The van der Waals surface area contributed by atoms with Gasteiger partial charge >= 0.3 is 0 Å². The van der Waals surface area contributed by atoms with Crippen LogP contribution in [0.15, 0.2) is 72.8 Å². The standard InChI is InChI=1S/C27H26FN3O3S/c28-23-11-5-12-24-25(23)29-27(35-24)31(14-6-13-30-15-17-33-18-16-30)26(32)20-7-4-10-22(19-20)34-21-8-2-1-3-9-21/h1-5,7-12,19H,6,13-18H2. The second-order valence-corrected chi connectivity index (χ2v) is 9.30. The number of hydrogen-bond acceptors (Lipinski definition) is 6. The quantitative estimate of drug-likeness (QED) is 0.321. The molecule has 180 valence electrons. The van der Waals surface area contributed by atoms with Gasteiger partial charge in [-0.1, -0.05) is 41.7 Å². The lowest BCUT2D eigenvalue weighted by molar-refractivity contribution is 0.0376. The zero-order chi connectivity index (χ0) is 24.0. The van der Waals surface area contributed by atoms with Gasteiger partial charge in [-0.3, -0.25) is 14.6 Å². The second kappa shape index (κ2) is 10.9. The van der Waals surface area contributed by atoms with Gasteiger partial charge in [0.25, 0.3) is 5.91 Å². The Morgan fingerprint density at radius 1 is 1.03 bits per heavy atom. The molecule has 0 unspecified atom stereocenters. The van der Waals surface area contributed by atoms with E-state index in [0.29, 0.717) is 39.0 Å². The Morgan fingerprint density at radius 3 is 2.60 bits per heavy atom. The van der Waals surface area contributed by atoms with Gasteiger partial charge in [-0.15, -0.1) is 0 Å². The highest BCUT2D eigenvalue weighted by Gasteiger charge is 2.23. The Balaban J connectivity index is 1.39. The van der Waals surface area contributed by atoms with Crippen molar-refractivity contribution in [3.05, 3.63) is 84.2 Å². The molecule has 0 bridgehead atoms. The number of benzene rings is 3. The number of morpholine rings is 1. The second-order valence-electron chi connectivity index (χ2n) is 8.29. The maximum atomic E-state index is 14.3. The van der Waals surface area contributed by atoms with Crippen molar-refractivity contribution in [1.29, 1.82) is 0 Å². The van der Waals surface area contributed by atoms with Crippen LogP contribution in [0.5, 0.6) is 11.5 Å². The molecule has 2 heterocycles. The van der Waals surface area contributed by atoms with Gasteiger partial charge in [0, 0.05) is 31.7 Å². The molecule has 0 N–H and O–H groups in total. The Bertz CT molecular complexity index is 1290. The zero-order valence-corrected chi connectivity index (χ0v) is 20.0. The number of hydrogen-bond donors (Lipinski definition) is 0. The third-order valence-electron chi connectivity index (χ3n) is 5.85. The van der Waals surface area contributed by atoms with Gasteiger partial charge in [-0.2, -0.15) is 0 Å². The van der Waals surface area contributed by atoms with Crippen LogP contribution in [0.25, 0.3) is 10.2 Å². The first-order valence-corrected chi connectivity index (χ1v) is 12.5. The summed E-state index contributed by atoms with van der Waals surface area (Å²) in [5.74, 6) is 0.695. The van der Waals surface area contributed by atoms with Gasteiger partial charge in [0.2, 0.25) is 0 Å². The van der Waals surface area contributed by atoms with Crippen LogP contribution in [0.2, 0.25) is 0 Å². The van der Waals surface area contributed by atoms with E-state index in [9.17, 15) is 9.18 Å². The number of thiazole rings is 1. The average molecular weight is 492 g/mol. The molecule has 1 aliphatic heterocycles. The monoisotopic (exact) mass is 491 g/mol. The highest BCUT2D eigenvalue weighted by molar-refractivity contribution is 7.22. The zero-order valence-electron chi connectivity index (χ0n) is 19.2. The number of halogens is 1. The van der Waals surface area contributed by atoms with Gasteiger partial charge in [-0.25, -0.2) is 9.37 Å². The van der Waals surface area contributed by atoms with Crippen LogP contribution < -0.4 is 9.64 Å². The van der Waals surface area contributed by atoms with E-state index in [4.69, 9.17) is 9.47 Å². The maximum Gasteiger partial charge on any atom is 0.260 e. The van der Waals surface area contributed by atoms with Crippen molar-refractivity contribution in [3.8, 4) is 11.5 Å². The van der Waals surface area contributed by atoms with Gasteiger partial charge in [0.1, 0.15) is 22.8 Å². The molecule has 6 nitrogen and oxygen atoms in total. The van der Waals surface area contributed by atoms with Crippen molar-refractivity contribution in [1.82, 2.24) is 9.88 Å². The molecule has 0 saturated carbocycles. The highest BCUT2D eigenvalue weighted by atomic mass is 32.1. The SMILES string of the molecule is O=C(c1cccc(Oc2ccccc2)c1)N(CCCN1CCOCC1)c1nc2c(F)cccc2s1. The summed E-state index contributed by atoms with van der Waals surface area (Å²) in [4.78, 5) is 22.2. The van der Waals surface area contributed by atoms with E-state index in [1.807, 2.05) is 42.5 Å². The third-order valence-corrected chi connectivity index (χ3v) is 6.90. The molecule has 3 aromatic carbocycles. The molecule has 1 aliphatic rings. The summed E-state index contributed by atoms with van der Waals surface area (Å²) >= 11 is 1.32. The number of carbonyl (C=O) groups excluding carboxylic acids is 1. The molecule has 0 spiro atoms. The molecule has 1 amide bonds. The Hall–Kier alpha value is -3.33. The van der Waals surface area contributed by atoms with Crippen LogP contribution in [-0.2, 0) is 4.74 Å². The molecule has 1 saturated heterocycles. The lowest BCUT2D eigenvalue weighted by Gasteiger charge is -2.27. The lowest BCUT2D eigenvalue weighted by Crippen LogP contribution is -2.39. The van der Waals surface area contributed by atoms with Gasteiger partial charge in [-0.05, 0) is 48.9 Å². The number of carbonyl (C=O) groups is 1. The normalized spacial score (nSPS) is 14.2. The summed E-state index contributed by atoms with van der Waals surface area (Å²) < 4.78 is 26.4. The molecule has 0 radical (unpaired) electrons. The van der Waals surface area contributed by atoms with Crippen LogP contribution in [0.3, 0.4) is 0 Å². The molecule has 35 heavy (non-hydrogen) atoms. The van der Waals surface area contributed by atoms with Crippen LogP contribution in [0.4, 0.5) is 9.52 Å². The van der Waals surface area contributed by atoms with Crippen molar-refractivity contribution in [3.63, 3.8) is 0 Å². The predicted octanol–water partition coefficient (Wildman–Crippen LogP) is 5.60. The van der Waals surface area contributed by atoms with Crippen molar-refractivity contribution in [2.24, 2.45) is 0 Å². The van der Waals surface area contributed by atoms with Crippen LogP contribution in [-0.4, -0.2) is 55.2 Å². The van der Waals surface area contributed by atoms with Crippen molar-refractivity contribution >= 4 is 32.6 Å². The van der Waals surface area contributed by atoms with E-state index in [2.05, 4.69) is 9.88 Å². The van der Waals surface area contributed by atoms with E-state index >= 15 is 0 Å². The number of ether oxygens (including phenoxy) is 2. The van der Waals surface area contributed by atoms with Crippen LogP contribution in [0.1, 0.15) is 16.8 Å². The lowest BCUT2D eigenvalue weighted by atomic mass is 10.2. The number of aromatic nitrogens is 1. The average Bonchev–Trinajstić information content (AvgIpc) is 3.33. The first-order chi connectivity index (χ1) is 17.2. The largest absolute Gasteiger partial charge is 0.457 e. The minimum atomic E-state index is -0.385. The number of rotatable bonds is 8. The third kappa shape index (κ3) is 5.67. The number of fused-ring (bicyclic) bond motifs is 1. The molecule has 8 heteroatoms. The van der Waals surface area contributed by atoms with Crippen LogP contribution in [0, 0.1) is 5.82 Å². The number of amides is 1. The molecule has 0 aliphatic carbocycles. The molecule has 5 rings (SSSR count). The van der Waals surface area contributed by atoms with Crippen molar-refractivity contribution in [2.45, 2.75) is 6.42 Å². The minimum absolute atomic E-state index is 0.190. The molecular formula is C27H26FN3O3S.